The van der Waals surface area contributed by atoms with Crippen molar-refractivity contribution in [1.82, 2.24) is 9.80 Å². The average molecular weight is 440 g/mol. The Morgan fingerprint density at radius 1 is 1.38 bits per heavy atom. The minimum absolute atomic E-state index is 0.0901. The fraction of sp³-hybridized carbons (Fsp3) is 0.526. The predicted molar refractivity (Wildman–Crippen MR) is 109 cm³/mol. The Kier molecular flexibility index (Phi) is 5.29. The standard InChI is InChI=1S/C19H22ClN3O5S/c1-19(10-23-14(25)8-15(23)29-19)9-21-28-11-4-6-22(7-5-11)18(27)12-2-3-13(24)17(26)16(12)20/h2-3,9,11,15,24,26H,4-8,10H2,1H3/b21-9+/t15-,19+/m1/s1. The number of β-lactam (4-membered cyclic amide) rings is 1. The molecule has 2 amide bonds. The highest BCUT2D eigenvalue weighted by molar-refractivity contribution is 8.02. The van der Waals surface area contributed by atoms with Crippen LogP contribution in [-0.4, -0.2) is 73.9 Å². The van der Waals surface area contributed by atoms with Gasteiger partial charge in [-0.1, -0.05) is 16.8 Å². The van der Waals surface area contributed by atoms with Gasteiger partial charge in [0.1, 0.15) is 6.10 Å². The molecule has 4 rings (SSSR count). The van der Waals surface area contributed by atoms with Crippen LogP contribution in [0.15, 0.2) is 17.3 Å². The number of thioether (sulfide) groups is 1. The summed E-state index contributed by atoms with van der Waals surface area (Å²) in [6.45, 7) is 3.66. The molecule has 2 N–H and O–H groups in total. The lowest BCUT2D eigenvalue weighted by atomic mass is 10.1. The van der Waals surface area contributed by atoms with Gasteiger partial charge in [0.15, 0.2) is 11.5 Å². The molecule has 3 aliphatic heterocycles. The number of fused-ring (bicyclic) bond motifs is 1. The van der Waals surface area contributed by atoms with Crippen molar-refractivity contribution in [3.8, 4) is 11.5 Å². The number of halogens is 1. The molecule has 0 bridgehead atoms. The molecular weight excluding hydrogens is 418 g/mol. The molecule has 3 aliphatic rings. The first-order valence-corrected chi connectivity index (χ1v) is 10.7. The fourth-order valence-corrected chi connectivity index (χ4v) is 5.48. The molecule has 3 saturated heterocycles. The largest absolute Gasteiger partial charge is 0.504 e. The van der Waals surface area contributed by atoms with Crippen molar-refractivity contribution < 1.29 is 24.6 Å². The molecule has 0 radical (unpaired) electrons. The first-order valence-electron chi connectivity index (χ1n) is 9.45. The SMILES string of the molecule is C[C@]1(/C=N/OC2CCN(C(=O)c3ccc(O)c(O)c3Cl)CC2)CN2C(=O)C[C@H]2S1. The van der Waals surface area contributed by atoms with E-state index in [9.17, 15) is 19.8 Å². The van der Waals surface area contributed by atoms with Crippen LogP contribution in [0.1, 0.15) is 36.5 Å². The van der Waals surface area contributed by atoms with Gasteiger partial charge in [0, 0.05) is 32.5 Å². The van der Waals surface area contributed by atoms with Gasteiger partial charge in [0.2, 0.25) is 5.91 Å². The van der Waals surface area contributed by atoms with Gasteiger partial charge in [-0.2, -0.15) is 0 Å². The van der Waals surface area contributed by atoms with Gasteiger partial charge in [-0.15, -0.1) is 11.8 Å². The van der Waals surface area contributed by atoms with Gasteiger partial charge < -0.3 is 24.9 Å². The number of nitrogens with zero attached hydrogens (tertiary/aromatic N) is 3. The van der Waals surface area contributed by atoms with E-state index in [2.05, 4.69) is 5.16 Å². The number of benzene rings is 1. The van der Waals surface area contributed by atoms with Crippen molar-refractivity contribution in [2.45, 2.75) is 42.4 Å². The minimum Gasteiger partial charge on any atom is -0.504 e. The van der Waals surface area contributed by atoms with Gasteiger partial charge in [-0.25, -0.2) is 0 Å². The van der Waals surface area contributed by atoms with E-state index in [0.29, 0.717) is 38.9 Å². The summed E-state index contributed by atoms with van der Waals surface area (Å²) in [7, 11) is 0. The number of oxime groups is 1. The van der Waals surface area contributed by atoms with Gasteiger partial charge in [-0.05, 0) is 19.1 Å². The van der Waals surface area contributed by atoms with E-state index < -0.39 is 5.75 Å². The van der Waals surface area contributed by atoms with E-state index in [0.717, 1.165) is 0 Å². The number of carbonyl (C=O) groups excluding carboxylic acids is 2. The normalized spacial score (nSPS) is 27.2. The van der Waals surface area contributed by atoms with Crippen LogP contribution in [0.5, 0.6) is 11.5 Å². The van der Waals surface area contributed by atoms with Crippen molar-refractivity contribution in [3.05, 3.63) is 22.7 Å². The van der Waals surface area contributed by atoms with Gasteiger partial charge in [-0.3, -0.25) is 9.59 Å². The van der Waals surface area contributed by atoms with Crippen LogP contribution in [0, 0.1) is 0 Å². The second-order valence-electron chi connectivity index (χ2n) is 7.74. The molecule has 10 heteroatoms. The number of rotatable bonds is 4. The monoisotopic (exact) mass is 439 g/mol. The van der Waals surface area contributed by atoms with E-state index in [4.69, 9.17) is 16.4 Å². The number of amides is 2. The van der Waals surface area contributed by atoms with Crippen LogP contribution < -0.4 is 0 Å². The quantitative estimate of drug-likeness (QED) is 0.323. The summed E-state index contributed by atoms with van der Waals surface area (Å²) in [4.78, 5) is 33.3. The highest BCUT2D eigenvalue weighted by Gasteiger charge is 2.50. The van der Waals surface area contributed by atoms with E-state index in [-0.39, 0.29) is 44.4 Å². The lowest BCUT2D eigenvalue weighted by Gasteiger charge is -2.32. The van der Waals surface area contributed by atoms with Crippen molar-refractivity contribution >= 4 is 41.4 Å². The average Bonchev–Trinajstić information content (AvgIpc) is 2.97. The Bertz CT molecular complexity index is 874. The van der Waals surface area contributed by atoms with Crippen LogP contribution in [0.2, 0.25) is 5.02 Å². The Balaban J connectivity index is 1.28. The topological polar surface area (TPSA) is 103 Å². The van der Waals surface area contributed by atoms with Crippen LogP contribution in [0.4, 0.5) is 0 Å². The van der Waals surface area contributed by atoms with E-state index in [1.165, 1.54) is 12.1 Å². The predicted octanol–water partition coefficient (Wildman–Crippen LogP) is 2.42. The smallest absolute Gasteiger partial charge is 0.255 e. The molecule has 29 heavy (non-hydrogen) atoms. The number of phenols is 2. The third-order valence-electron chi connectivity index (χ3n) is 5.50. The maximum atomic E-state index is 12.7. The summed E-state index contributed by atoms with van der Waals surface area (Å²) >= 11 is 7.72. The highest BCUT2D eigenvalue weighted by Crippen LogP contribution is 2.45. The molecule has 8 nitrogen and oxygen atoms in total. The van der Waals surface area contributed by atoms with Crippen molar-refractivity contribution in [2.75, 3.05) is 19.6 Å². The molecule has 1 aromatic carbocycles. The summed E-state index contributed by atoms with van der Waals surface area (Å²) in [6, 6.07) is 2.65. The molecule has 3 fully saturated rings. The van der Waals surface area contributed by atoms with E-state index in [1.54, 1.807) is 22.9 Å². The van der Waals surface area contributed by atoms with E-state index >= 15 is 0 Å². The number of aromatic hydroxyl groups is 2. The van der Waals surface area contributed by atoms with Crippen molar-refractivity contribution in [2.24, 2.45) is 5.16 Å². The van der Waals surface area contributed by atoms with Crippen molar-refractivity contribution in [1.29, 1.82) is 0 Å². The lowest BCUT2D eigenvalue weighted by Crippen LogP contribution is -2.47. The summed E-state index contributed by atoms with van der Waals surface area (Å²) in [6.07, 6.45) is 3.54. The molecule has 0 spiro atoms. The number of carbonyl (C=O) groups is 2. The molecule has 2 atom stereocenters. The Morgan fingerprint density at radius 3 is 2.76 bits per heavy atom. The lowest BCUT2D eigenvalue weighted by molar-refractivity contribution is -0.140. The summed E-state index contributed by atoms with van der Waals surface area (Å²) in [5.74, 6) is -0.953. The Morgan fingerprint density at radius 2 is 2.10 bits per heavy atom. The number of phenolic OH excluding ortho intramolecular Hbond substituents is 2. The zero-order valence-corrected chi connectivity index (χ0v) is 17.4. The number of hydrogen-bond donors (Lipinski definition) is 2. The van der Waals surface area contributed by atoms with Crippen LogP contribution >= 0.6 is 23.4 Å². The maximum Gasteiger partial charge on any atom is 0.255 e. The molecule has 0 unspecified atom stereocenters. The second kappa shape index (κ2) is 7.60. The maximum absolute atomic E-state index is 12.7. The summed E-state index contributed by atoms with van der Waals surface area (Å²) in [5, 5.41) is 23.5. The number of hydrogen-bond acceptors (Lipinski definition) is 7. The first-order chi connectivity index (χ1) is 13.8. The molecule has 0 saturated carbocycles. The molecule has 0 aliphatic carbocycles. The second-order valence-corrected chi connectivity index (χ2v) is 9.83. The fourth-order valence-electron chi connectivity index (χ4n) is 3.76. The zero-order valence-electron chi connectivity index (χ0n) is 15.9. The van der Waals surface area contributed by atoms with Crippen LogP contribution in [0.3, 0.4) is 0 Å². The van der Waals surface area contributed by atoms with Crippen LogP contribution in [0.25, 0.3) is 0 Å². The molecule has 3 heterocycles. The number of likely N-dealkylation sites (tertiary alicyclic amines) is 1. The van der Waals surface area contributed by atoms with Gasteiger partial charge in [0.05, 0.1) is 33.3 Å². The van der Waals surface area contributed by atoms with Gasteiger partial charge >= 0.3 is 0 Å². The van der Waals surface area contributed by atoms with Crippen molar-refractivity contribution in [3.63, 3.8) is 0 Å². The van der Waals surface area contributed by atoms with Gasteiger partial charge in [0.25, 0.3) is 5.91 Å². The summed E-state index contributed by atoms with van der Waals surface area (Å²) < 4.78 is -0.231. The molecular formula is C19H22ClN3O5S. The third-order valence-corrected chi connectivity index (χ3v) is 7.35. The molecule has 1 aromatic rings. The Hall–Kier alpha value is -2.13. The highest BCUT2D eigenvalue weighted by atomic mass is 35.5. The minimum atomic E-state index is -0.491. The molecule has 0 aromatic heterocycles. The van der Waals surface area contributed by atoms with Crippen LogP contribution in [-0.2, 0) is 9.63 Å². The van der Waals surface area contributed by atoms with E-state index in [1.807, 2.05) is 11.8 Å². The molecule has 156 valence electrons. The zero-order chi connectivity index (χ0) is 20.8. The number of piperidine rings is 1. The first kappa shape index (κ1) is 20.2. The third kappa shape index (κ3) is 3.85. The summed E-state index contributed by atoms with van der Waals surface area (Å²) in [5.41, 5.74) is 0.157. The Labute approximate surface area is 177 Å².